The fraction of sp³-hybridized carbons (Fsp3) is 0.167. The number of aromatic nitrogens is 1. The summed E-state index contributed by atoms with van der Waals surface area (Å²) >= 11 is 0. The number of anilines is 1. The molecule has 1 aromatic heterocycles. The number of urea groups is 1. The Morgan fingerprint density at radius 1 is 1.33 bits per heavy atom. The van der Waals surface area contributed by atoms with Gasteiger partial charge in [-0.15, -0.1) is 0 Å². The molecule has 9 heteroatoms. The third-order valence-corrected chi connectivity index (χ3v) is 3.85. The summed E-state index contributed by atoms with van der Waals surface area (Å²) in [6, 6.07) is 3.96. The van der Waals surface area contributed by atoms with Gasteiger partial charge in [0.25, 0.3) is 0 Å². The summed E-state index contributed by atoms with van der Waals surface area (Å²) in [6.45, 7) is 0.169. The van der Waals surface area contributed by atoms with Gasteiger partial charge in [0.15, 0.2) is 12.2 Å². The average Bonchev–Trinajstić information content (AvgIpc) is 3.14. The lowest BCUT2D eigenvalue weighted by atomic mass is 10.0. The first-order chi connectivity index (χ1) is 13.0. The van der Waals surface area contributed by atoms with E-state index >= 15 is 0 Å². The number of phenolic OH excluding ortho intramolecular Hbond substituents is 1. The predicted octanol–water partition coefficient (Wildman–Crippen LogP) is 2.69. The number of rotatable bonds is 5. The van der Waals surface area contributed by atoms with Crippen LogP contribution < -0.4 is 16.0 Å². The predicted molar refractivity (Wildman–Crippen MR) is 97.4 cm³/mol. The molecule has 1 unspecified atom stereocenters. The smallest absolute Gasteiger partial charge is 0.404 e. The summed E-state index contributed by atoms with van der Waals surface area (Å²) in [4.78, 5) is 26.5. The van der Waals surface area contributed by atoms with E-state index in [1.165, 1.54) is 18.7 Å². The van der Waals surface area contributed by atoms with Gasteiger partial charge in [0.05, 0.1) is 17.8 Å². The first-order valence-electron chi connectivity index (χ1n) is 8.14. The maximum Gasteiger partial charge on any atom is 0.404 e. The van der Waals surface area contributed by atoms with Crippen LogP contribution in [0.25, 0.3) is 11.3 Å². The van der Waals surface area contributed by atoms with Crippen molar-refractivity contribution in [3.63, 3.8) is 0 Å². The lowest BCUT2D eigenvalue weighted by Gasteiger charge is -2.19. The zero-order chi connectivity index (χ0) is 19.2. The minimum absolute atomic E-state index is 0.0490. The second kappa shape index (κ2) is 8.09. The third-order valence-electron chi connectivity index (χ3n) is 3.85. The average molecular weight is 370 g/mol. The number of amides is 3. The highest BCUT2D eigenvalue weighted by molar-refractivity contribution is 5.90. The van der Waals surface area contributed by atoms with E-state index in [2.05, 4.69) is 20.9 Å². The number of benzene rings is 1. The normalized spacial score (nSPS) is 15.7. The third kappa shape index (κ3) is 4.88. The summed E-state index contributed by atoms with van der Waals surface area (Å²) in [5.74, 6) is 0.372. The number of carboxylic acid groups (broad SMARTS) is 1. The first kappa shape index (κ1) is 18.1. The van der Waals surface area contributed by atoms with Gasteiger partial charge in [0.1, 0.15) is 5.75 Å². The monoisotopic (exact) mass is 370 g/mol. The molecular weight excluding hydrogens is 352 g/mol. The van der Waals surface area contributed by atoms with Crippen molar-refractivity contribution in [2.75, 3.05) is 11.9 Å². The lowest BCUT2D eigenvalue weighted by molar-refractivity contribution is 0.195. The number of nitrogens with zero attached hydrogens (tertiary/aromatic N) is 1. The highest BCUT2D eigenvalue weighted by Gasteiger charge is 2.14. The Balaban J connectivity index is 1.58. The van der Waals surface area contributed by atoms with Crippen LogP contribution in [0, 0.1) is 0 Å². The summed E-state index contributed by atoms with van der Waals surface area (Å²) in [6.07, 6.45) is 7.70. The number of hydrogen-bond donors (Lipinski definition) is 5. The number of phenols is 1. The molecule has 0 aliphatic heterocycles. The molecule has 9 nitrogen and oxygen atoms in total. The van der Waals surface area contributed by atoms with Crippen molar-refractivity contribution < 1.29 is 24.2 Å². The molecule has 0 bridgehead atoms. The molecule has 0 saturated heterocycles. The quantitative estimate of drug-likeness (QED) is 0.549. The van der Waals surface area contributed by atoms with Crippen LogP contribution in [0.1, 0.15) is 6.42 Å². The van der Waals surface area contributed by atoms with Crippen molar-refractivity contribution >= 4 is 17.8 Å². The molecule has 0 radical (unpaired) electrons. The van der Waals surface area contributed by atoms with Crippen molar-refractivity contribution in [1.29, 1.82) is 0 Å². The van der Waals surface area contributed by atoms with Gasteiger partial charge < -0.3 is 30.6 Å². The van der Waals surface area contributed by atoms with E-state index < -0.39 is 12.1 Å². The van der Waals surface area contributed by atoms with Gasteiger partial charge in [-0.25, -0.2) is 14.6 Å². The Hall–Kier alpha value is -3.75. The van der Waals surface area contributed by atoms with Crippen LogP contribution in [0.5, 0.6) is 5.75 Å². The number of oxazole rings is 1. The second-order valence-electron chi connectivity index (χ2n) is 5.84. The Kier molecular flexibility index (Phi) is 5.41. The Labute approximate surface area is 154 Å². The standard InChI is InChI=1S/C18H18N4O5/c23-15-7-13(4-5-14(15)16-9-19-10-27-16)22-17(24)21-12-3-1-2-11(6-12)8-20-18(25)26/h1-2,4-7,9-10,12,20,23H,3,8H2,(H,25,26)(H2,21,22,24). The Morgan fingerprint density at radius 3 is 2.89 bits per heavy atom. The van der Waals surface area contributed by atoms with Crippen LogP contribution in [-0.4, -0.2) is 39.9 Å². The maximum absolute atomic E-state index is 12.2. The largest absolute Gasteiger partial charge is 0.507 e. The van der Waals surface area contributed by atoms with Crippen molar-refractivity contribution in [1.82, 2.24) is 15.6 Å². The molecule has 140 valence electrons. The topological polar surface area (TPSA) is 137 Å². The van der Waals surface area contributed by atoms with Gasteiger partial charge in [0, 0.05) is 18.3 Å². The van der Waals surface area contributed by atoms with Crippen LogP contribution in [0.4, 0.5) is 15.3 Å². The van der Waals surface area contributed by atoms with Gasteiger partial charge in [-0.05, 0) is 24.1 Å². The van der Waals surface area contributed by atoms with Crippen molar-refractivity contribution in [3.8, 4) is 17.1 Å². The van der Waals surface area contributed by atoms with E-state index in [9.17, 15) is 14.7 Å². The molecular formula is C18H18N4O5. The van der Waals surface area contributed by atoms with Crippen molar-refractivity contribution in [2.45, 2.75) is 12.5 Å². The van der Waals surface area contributed by atoms with Gasteiger partial charge in [-0.2, -0.15) is 0 Å². The zero-order valence-electron chi connectivity index (χ0n) is 14.2. The van der Waals surface area contributed by atoms with E-state index in [1.54, 1.807) is 18.2 Å². The molecule has 1 atom stereocenters. The fourth-order valence-corrected chi connectivity index (χ4v) is 2.65. The molecule has 0 spiro atoms. The minimum Gasteiger partial charge on any atom is -0.507 e. The minimum atomic E-state index is -1.11. The molecule has 27 heavy (non-hydrogen) atoms. The van der Waals surface area contributed by atoms with Crippen LogP contribution in [-0.2, 0) is 0 Å². The van der Waals surface area contributed by atoms with Crippen LogP contribution >= 0.6 is 0 Å². The molecule has 3 amide bonds. The number of aromatic hydroxyl groups is 1. The van der Waals surface area contributed by atoms with Crippen LogP contribution in [0.3, 0.4) is 0 Å². The number of hydrogen-bond acceptors (Lipinski definition) is 5. The highest BCUT2D eigenvalue weighted by atomic mass is 16.4. The van der Waals surface area contributed by atoms with Crippen molar-refractivity contribution in [3.05, 3.63) is 54.6 Å². The van der Waals surface area contributed by atoms with E-state index in [0.717, 1.165) is 5.57 Å². The van der Waals surface area contributed by atoms with Gasteiger partial charge in [-0.1, -0.05) is 18.2 Å². The van der Waals surface area contributed by atoms with Gasteiger partial charge >= 0.3 is 12.1 Å². The SMILES string of the molecule is O=C(O)NCC1=CC(NC(=O)Nc2ccc(-c3cnco3)c(O)c2)CC=C1. The van der Waals surface area contributed by atoms with E-state index in [1.807, 2.05) is 12.2 Å². The summed E-state index contributed by atoms with van der Waals surface area (Å²) in [7, 11) is 0. The fourth-order valence-electron chi connectivity index (χ4n) is 2.65. The second-order valence-corrected chi connectivity index (χ2v) is 5.84. The van der Waals surface area contributed by atoms with E-state index in [0.29, 0.717) is 23.4 Å². The molecule has 5 N–H and O–H groups in total. The van der Waals surface area contributed by atoms with Crippen LogP contribution in [0.15, 0.2) is 59.0 Å². The lowest BCUT2D eigenvalue weighted by Crippen LogP contribution is -2.37. The first-order valence-corrected chi connectivity index (χ1v) is 8.14. The summed E-state index contributed by atoms with van der Waals surface area (Å²) in [5, 5.41) is 26.5. The molecule has 1 aliphatic rings. The van der Waals surface area contributed by atoms with E-state index in [4.69, 9.17) is 9.52 Å². The summed E-state index contributed by atoms with van der Waals surface area (Å²) < 4.78 is 5.14. The molecule has 0 fully saturated rings. The maximum atomic E-state index is 12.2. The number of nitrogens with one attached hydrogen (secondary N) is 3. The van der Waals surface area contributed by atoms with Crippen LogP contribution in [0.2, 0.25) is 0 Å². The summed E-state index contributed by atoms with van der Waals surface area (Å²) in [5.41, 5.74) is 1.65. The molecule has 3 rings (SSSR count). The Morgan fingerprint density at radius 2 is 2.19 bits per heavy atom. The molecule has 2 aromatic rings. The van der Waals surface area contributed by atoms with Gasteiger partial charge in [0.2, 0.25) is 0 Å². The van der Waals surface area contributed by atoms with E-state index in [-0.39, 0.29) is 18.3 Å². The zero-order valence-corrected chi connectivity index (χ0v) is 14.2. The number of carbonyl (C=O) groups is 2. The molecule has 1 aliphatic carbocycles. The highest BCUT2D eigenvalue weighted by Crippen LogP contribution is 2.31. The molecule has 1 heterocycles. The number of carbonyl (C=O) groups excluding carboxylic acids is 1. The van der Waals surface area contributed by atoms with Crippen molar-refractivity contribution in [2.24, 2.45) is 0 Å². The Bertz CT molecular complexity index is 889. The molecule has 0 saturated carbocycles. The molecule has 1 aromatic carbocycles. The van der Waals surface area contributed by atoms with Gasteiger partial charge in [-0.3, -0.25) is 0 Å².